The Morgan fingerprint density at radius 3 is 2.54 bits per heavy atom. The van der Waals surface area contributed by atoms with Gasteiger partial charge in [-0.25, -0.2) is 19.7 Å². The molecule has 3 N–H and O–H groups in total. The first-order valence-electron chi connectivity index (χ1n) is 12.2. The molecule has 11 nitrogen and oxygen atoms in total. The topological polar surface area (TPSA) is 153 Å². The maximum atomic E-state index is 13.2. The van der Waals surface area contributed by atoms with Gasteiger partial charge < -0.3 is 19.8 Å². The normalized spacial score (nSPS) is 10.7. The van der Waals surface area contributed by atoms with Crippen LogP contribution < -0.4 is 15.4 Å². The third-order valence-corrected chi connectivity index (χ3v) is 6.03. The van der Waals surface area contributed by atoms with E-state index in [4.69, 9.17) is 20.6 Å². The first kappa shape index (κ1) is 27.0. The van der Waals surface area contributed by atoms with E-state index in [1.807, 2.05) is 23.7 Å². The summed E-state index contributed by atoms with van der Waals surface area (Å²) < 4.78 is 12.4. The number of amides is 1. The van der Waals surface area contributed by atoms with E-state index in [1.54, 1.807) is 43.5 Å². The van der Waals surface area contributed by atoms with Crippen LogP contribution in [0.1, 0.15) is 34.8 Å². The smallest absolute Gasteiger partial charge is 0.421 e. The molecular formula is C28H28N6O5. The number of aryl methyl sites for hydroxylation is 2. The van der Waals surface area contributed by atoms with E-state index in [9.17, 15) is 14.4 Å². The summed E-state index contributed by atoms with van der Waals surface area (Å²) in [6, 6.07) is 13.7. The summed E-state index contributed by atoms with van der Waals surface area (Å²) in [7, 11) is 1.83. The van der Waals surface area contributed by atoms with Crippen molar-refractivity contribution in [2.75, 3.05) is 18.1 Å². The third kappa shape index (κ3) is 6.45. The van der Waals surface area contributed by atoms with Crippen molar-refractivity contribution >= 4 is 40.4 Å². The average Bonchev–Trinajstić information content (AvgIpc) is 3.26. The highest BCUT2D eigenvalue weighted by Gasteiger charge is 2.24. The monoisotopic (exact) mass is 528 g/mol. The van der Waals surface area contributed by atoms with E-state index in [2.05, 4.69) is 9.97 Å². The highest BCUT2D eigenvalue weighted by atomic mass is 16.6. The summed E-state index contributed by atoms with van der Waals surface area (Å²) in [6.07, 6.45) is 4.41. The quantitative estimate of drug-likeness (QED) is 0.137. The second-order valence-electron chi connectivity index (χ2n) is 8.69. The summed E-state index contributed by atoms with van der Waals surface area (Å²) in [5.74, 6) is -0.308. The zero-order chi connectivity index (χ0) is 27.9. The number of carbonyl (C=O) groups is 3. The van der Waals surface area contributed by atoms with Gasteiger partial charge in [-0.05, 0) is 43.2 Å². The van der Waals surface area contributed by atoms with Crippen molar-refractivity contribution in [2.24, 2.45) is 12.8 Å². The number of rotatable bonds is 10. The molecule has 200 valence electrons. The van der Waals surface area contributed by atoms with Gasteiger partial charge in [-0.15, -0.1) is 0 Å². The van der Waals surface area contributed by atoms with E-state index in [0.717, 1.165) is 16.0 Å². The molecular weight excluding hydrogens is 500 g/mol. The predicted molar refractivity (Wildman–Crippen MR) is 145 cm³/mol. The molecule has 1 amide bonds. The first-order valence-corrected chi connectivity index (χ1v) is 12.2. The van der Waals surface area contributed by atoms with E-state index >= 15 is 0 Å². The van der Waals surface area contributed by atoms with Gasteiger partial charge in [-0.2, -0.15) is 0 Å². The SMILES string of the molecule is CCOC(=O)CN(C(=O)Oc1ccc2c(c1)c(C(=O)CCc1ccc(C(=N)N)cc1)cn2C)c1ccncn1. The van der Waals surface area contributed by atoms with Crippen LogP contribution in [0, 0.1) is 5.41 Å². The predicted octanol–water partition coefficient (Wildman–Crippen LogP) is 3.64. The molecule has 11 heteroatoms. The van der Waals surface area contributed by atoms with E-state index in [1.165, 1.54) is 18.6 Å². The van der Waals surface area contributed by atoms with Crippen LogP contribution in [-0.2, 0) is 23.0 Å². The second kappa shape index (κ2) is 12.0. The summed E-state index contributed by atoms with van der Waals surface area (Å²) in [4.78, 5) is 47.3. The molecule has 0 aliphatic carbocycles. The van der Waals surface area contributed by atoms with Crippen LogP contribution in [0.15, 0.2) is 67.3 Å². The number of nitrogen functional groups attached to an aromatic ring is 1. The minimum absolute atomic E-state index is 0.00839. The van der Waals surface area contributed by atoms with Gasteiger partial charge in [0.15, 0.2) is 5.78 Å². The minimum atomic E-state index is -0.834. The number of benzene rings is 2. The molecule has 0 saturated heterocycles. The number of nitrogens with zero attached hydrogens (tertiary/aromatic N) is 4. The van der Waals surface area contributed by atoms with Gasteiger partial charge in [0, 0.05) is 47.9 Å². The van der Waals surface area contributed by atoms with Crippen molar-refractivity contribution in [3.63, 3.8) is 0 Å². The van der Waals surface area contributed by atoms with Gasteiger partial charge in [-0.1, -0.05) is 24.3 Å². The minimum Gasteiger partial charge on any atom is -0.465 e. The van der Waals surface area contributed by atoms with Crippen LogP contribution in [-0.4, -0.2) is 51.4 Å². The number of nitrogens with two attached hydrogens (primary N) is 1. The Morgan fingerprint density at radius 1 is 1.10 bits per heavy atom. The number of anilines is 1. The molecule has 0 bridgehead atoms. The molecule has 0 spiro atoms. The molecule has 0 fully saturated rings. The Labute approximate surface area is 224 Å². The zero-order valence-electron chi connectivity index (χ0n) is 21.6. The van der Waals surface area contributed by atoms with Crippen LogP contribution >= 0.6 is 0 Å². The highest BCUT2D eigenvalue weighted by Crippen LogP contribution is 2.27. The Morgan fingerprint density at radius 2 is 1.87 bits per heavy atom. The van der Waals surface area contributed by atoms with Gasteiger partial charge in [0.1, 0.15) is 30.3 Å². The maximum absolute atomic E-state index is 13.2. The molecule has 2 aromatic carbocycles. The number of ether oxygens (including phenoxy) is 2. The number of nitrogens with one attached hydrogen (secondary N) is 1. The molecule has 2 aromatic heterocycles. The van der Waals surface area contributed by atoms with Gasteiger partial charge in [0.25, 0.3) is 0 Å². The number of hydrogen-bond donors (Lipinski definition) is 2. The number of esters is 1. The van der Waals surface area contributed by atoms with Crippen molar-refractivity contribution in [3.8, 4) is 5.75 Å². The largest absolute Gasteiger partial charge is 0.465 e. The van der Waals surface area contributed by atoms with Crippen molar-refractivity contribution in [2.45, 2.75) is 19.8 Å². The van der Waals surface area contributed by atoms with Gasteiger partial charge in [-0.3, -0.25) is 15.0 Å². The molecule has 2 heterocycles. The van der Waals surface area contributed by atoms with Crippen molar-refractivity contribution in [3.05, 3.63) is 83.9 Å². The van der Waals surface area contributed by atoms with Crippen molar-refractivity contribution in [1.82, 2.24) is 14.5 Å². The molecule has 0 unspecified atom stereocenters. The standard InChI is InChI=1S/C28H28N6O5/c1-3-38-26(36)16-34(25-12-13-31-17-32-25)28(37)39-20-9-10-23-21(14-20)22(15-33(23)2)24(35)11-6-18-4-7-19(8-5-18)27(29)30/h4-5,7-10,12-15,17H,3,6,11,16H2,1-2H3,(H3,29,30). The van der Waals surface area contributed by atoms with Gasteiger partial charge in [0.2, 0.25) is 0 Å². The number of aromatic nitrogens is 3. The van der Waals surface area contributed by atoms with Crippen molar-refractivity contribution in [1.29, 1.82) is 5.41 Å². The molecule has 0 saturated carbocycles. The molecule has 4 aromatic rings. The second-order valence-corrected chi connectivity index (χ2v) is 8.69. The lowest BCUT2D eigenvalue weighted by Crippen LogP contribution is -2.39. The Hall–Kier alpha value is -5.06. The lowest BCUT2D eigenvalue weighted by atomic mass is 10.0. The molecule has 0 radical (unpaired) electrons. The van der Waals surface area contributed by atoms with E-state index in [0.29, 0.717) is 22.9 Å². The van der Waals surface area contributed by atoms with Gasteiger partial charge >= 0.3 is 12.1 Å². The molecule has 0 aliphatic heterocycles. The highest BCUT2D eigenvalue weighted by molar-refractivity contribution is 6.08. The number of fused-ring (bicyclic) bond motifs is 1. The van der Waals surface area contributed by atoms with Crippen LogP contribution in [0.3, 0.4) is 0 Å². The summed E-state index contributed by atoms with van der Waals surface area (Å²) in [5.41, 5.74) is 8.38. The lowest BCUT2D eigenvalue weighted by molar-refractivity contribution is -0.141. The molecule has 0 aliphatic rings. The number of Topliss-reactive ketones (excluding diaryl/α,β-unsaturated/α-hetero) is 1. The third-order valence-electron chi connectivity index (χ3n) is 6.03. The molecule has 0 atom stereocenters. The Balaban J connectivity index is 1.53. The fourth-order valence-electron chi connectivity index (χ4n) is 4.07. The van der Waals surface area contributed by atoms with Crippen molar-refractivity contribution < 1.29 is 23.9 Å². The number of ketones is 1. The zero-order valence-corrected chi connectivity index (χ0v) is 21.6. The fourth-order valence-corrected chi connectivity index (χ4v) is 4.07. The average molecular weight is 529 g/mol. The van der Waals surface area contributed by atoms with E-state index < -0.39 is 18.6 Å². The summed E-state index contributed by atoms with van der Waals surface area (Å²) >= 11 is 0. The first-order chi connectivity index (χ1) is 18.8. The number of hydrogen-bond acceptors (Lipinski definition) is 8. The Bertz CT molecular complexity index is 1510. The van der Waals surface area contributed by atoms with Crippen LogP contribution in [0.25, 0.3) is 10.9 Å². The lowest BCUT2D eigenvalue weighted by Gasteiger charge is -2.20. The molecule has 4 rings (SSSR count). The van der Waals surface area contributed by atoms with Crippen LogP contribution in [0.5, 0.6) is 5.75 Å². The van der Waals surface area contributed by atoms with E-state index in [-0.39, 0.29) is 36.2 Å². The maximum Gasteiger partial charge on any atom is 0.421 e. The fraction of sp³-hybridized carbons (Fsp3) is 0.214. The summed E-state index contributed by atoms with van der Waals surface area (Å²) in [5, 5.41) is 8.14. The Kier molecular flexibility index (Phi) is 8.30. The number of carbonyl (C=O) groups excluding carboxylic acids is 3. The number of amidine groups is 1. The summed E-state index contributed by atoms with van der Waals surface area (Å²) in [6.45, 7) is 1.44. The van der Waals surface area contributed by atoms with Crippen LogP contribution in [0.2, 0.25) is 0 Å². The molecule has 39 heavy (non-hydrogen) atoms. The van der Waals surface area contributed by atoms with Gasteiger partial charge in [0.05, 0.1) is 6.61 Å². The van der Waals surface area contributed by atoms with Crippen LogP contribution in [0.4, 0.5) is 10.6 Å².